The predicted molar refractivity (Wildman–Crippen MR) is 85.5 cm³/mol. The molecule has 0 aromatic heterocycles. The molecule has 0 aliphatic heterocycles. The Morgan fingerprint density at radius 1 is 0.905 bits per heavy atom. The van der Waals surface area contributed by atoms with E-state index >= 15 is 0 Å². The molecule has 1 nitrogen and oxygen atoms in total. The lowest BCUT2D eigenvalue weighted by atomic mass is 9.76. The van der Waals surface area contributed by atoms with Crippen molar-refractivity contribution < 1.29 is 4.39 Å². The molecule has 2 rings (SSSR count). The van der Waals surface area contributed by atoms with Crippen molar-refractivity contribution in [3.63, 3.8) is 0 Å². The van der Waals surface area contributed by atoms with Gasteiger partial charge in [0.05, 0.1) is 12.7 Å². The van der Waals surface area contributed by atoms with E-state index in [0.29, 0.717) is 18.3 Å². The molecule has 0 saturated heterocycles. The quantitative estimate of drug-likeness (QED) is 0.566. The Morgan fingerprint density at radius 3 is 2.00 bits per heavy atom. The van der Waals surface area contributed by atoms with Crippen molar-refractivity contribution in [2.75, 3.05) is 6.67 Å². The van der Waals surface area contributed by atoms with Gasteiger partial charge in [0.25, 0.3) is 0 Å². The number of hydrogen-bond acceptors (Lipinski definition) is 1. The van der Waals surface area contributed by atoms with Crippen LogP contribution in [-0.4, -0.2) is 6.67 Å². The minimum Gasteiger partial charge on any atom is -0.251 e. The zero-order valence-electron chi connectivity index (χ0n) is 13.3. The fraction of sp³-hybridized carbons (Fsp3) is 0.842. The summed E-state index contributed by atoms with van der Waals surface area (Å²) in [6, 6.07) is 2.43. The van der Waals surface area contributed by atoms with Crippen LogP contribution in [0.2, 0.25) is 0 Å². The first-order valence-electron chi connectivity index (χ1n) is 8.94. The SMILES string of the molecule is N#CC1CCC(CCC2CCC(C=CCCF)CC2)CC1. The molecular weight excluding hydrogens is 261 g/mol. The third-order valence-corrected chi connectivity index (χ3v) is 5.59. The highest BCUT2D eigenvalue weighted by Crippen LogP contribution is 2.36. The normalized spacial score (nSPS) is 33.9. The van der Waals surface area contributed by atoms with Gasteiger partial charge in [0.2, 0.25) is 0 Å². The molecule has 0 bridgehead atoms. The van der Waals surface area contributed by atoms with Crippen LogP contribution in [0.1, 0.15) is 70.6 Å². The fourth-order valence-corrected chi connectivity index (χ4v) is 4.07. The van der Waals surface area contributed by atoms with Gasteiger partial charge < -0.3 is 0 Å². The minimum atomic E-state index is -0.222. The van der Waals surface area contributed by atoms with Crippen molar-refractivity contribution >= 4 is 0 Å². The molecule has 2 saturated carbocycles. The molecule has 0 amide bonds. The molecule has 0 radical (unpaired) electrons. The standard InChI is InChI=1S/C19H30FN/c20-14-2-1-3-16-4-6-17(7-5-16)8-9-18-10-12-19(15-21)13-11-18/h1,3,16-19H,2,4-14H2. The van der Waals surface area contributed by atoms with E-state index in [2.05, 4.69) is 12.1 Å². The third kappa shape index (κ3) is 5.81. The van der Waals surface area contributed by atoms with E-state index in [1.165, 1.54) is 51.4 Å². The van der Waals surface area contributed by atoms with Gasteiger partial charge in [0.1, 0.15) is 0 Å². The second-order valence-electron chi connectivity index (χ2n) is 7.11. The lowest BCUT2D eigenvalue weighted by Crippen LogP contribution is -2.17. The second kappa shape index (κ2) is 9.23. The molecule has 118 valence electrons. The summed E-state index contributed by atoms with van der Waals surface area (Å²) >= 11 is 0. The summed E-state index contributed by atoms with van der Waals surface area (Å²) in [5, 5.41) is 8.94. The van der Waals surface area contributed by atoms with E-state index in [4.69, 9.17) is 5.26 Å². The average Bonchev–Trinajstić information content (AvgIpc) is 2.55. The molecule has 0 atom stereocenters. The Bertz CT molecular complexity index is 341. The molecular formula is C19H30FN. The number of nitrogens with zero attached hydrogens (tertiary/aromatic N) is 1. The van der Waals surface area contributed by atoms with E-state index in [-0.39, 0.29) is 6.67 Å². The van der Waals surface area contributed by atoms with Gasteiger partial charge >= 0.3 is 0 Å². The van der Waals surface area contributed by atoms with Gasteiger partial charge in [-0.05, 0) is 75.5 Å². The van der Waals surface area contributed by atoms with Crippen molar-refractivity contribution in [3.05, 3.63) is 12.2 Å². The number of allylic oxidation sites excluding steroid dienone is 2. The molecule has 0 spiro atoms. The van der Waals surface area contributed by atoms with Crippen molar-refractivity contribution in [3.8, 4) is 6.07 Å². The van der Waals surface area contributed by atoms with E-state index in [1.54, 1.807) is 0 Å². The number of alkyl halides is 1. The molecule has 0 aromatic rings. The highest BCUT2D eigenvalue weighted by atomic mass is 19.1. The van der Waals surface area contributed by atoms with Crippen LogP contribution in [0.4, 0.5) is 4.39 Å². The smallest absolute Gasteiger partial charge is 0.0928 e. The van der Waals surface area contributed by atoms with Gasteiger partial charge in [0.15, 0.2) is 0 Å². The van der Waals surface area contributed by atoms with Crippen LogP contribution in [-0.2, 0) is 0 Å². The van der Waals surface area contributed by atoms with E-state index < -0.39 is 0 Å². The summed E-state index contributed by atoms with van der Waals surface area (Å²) < 4.78 is 12.1. The van der Waals surface area contributed by atoms with Gasteiger partial charge in [-0.2, -0.15) is 5.26 Å². The average molecular weight is 291 g/mol. The molecule has 2 aliphatic carbocycles. The molecule has 0 aromatic carbocycles. The van der Waals surface area contributed by atoms with Gasteiger partial charge in [-0.1, -0.05) is 25.0 Å². The van der Waals surface area contributed by atoms with Crippen molar-refractivity contribution in [1.29, 1.82) is 5.26 Å². The van der Waals surface area contributed by atoms with Gasteiger partial charge in [-0.15, -0.1) is 0 Å². The topological polar surface area (TPSA) is 23.8 Å². The van der Waals surface area contributed by atoms with Crippen LogP contribution >= 0.6 is 0 Å². The van der Waals surface area contributed by atoms with E-state index in [1.807, 2.05) is 6.08 Å². The summed E-state index contributed by atoms with van der Waals surface area (Å²) in [6.45, 7) is -0.222. The first-order valence-corrected chi connectivity index (χ1v) is 8.94. The Balaban J connectivity index is 1.58. The number of rotatable bonds is 6. The lowest BCUT2D eigenvalue weighted by Gasteiger charge is -2.30. The van der Waals surface area contributed by atoms with Crippen molar-refractivity contribution in [2.24, 2.45) is 23.7 Å². The fourth-order valence-electron chi connectivity index (χ4n) is 4.07. The largest absolute Gasteiger partial charge is 0.251 e. The van der Waals surface area contributed by atoms with Crippen LogP contribution in [0, 0.1) is 35.0 Å². The monoisotopic (exact) mass is 291 g/mol. The Labute approximate surface area is 129 Å². The van der Waals surface area contributed by atoms with Crippen LogP contribution in [0.5, 0.6) is 0 Å². The maximum absolute atomic E-state index is 12.1. The lowest BCUT2D eigenvalue weighted by molar-refractivity contribution is 0.242. The van der Waals surface area contributed by atoms with E-state index in [9.17, 15) is 4.39 Å². The Hall–Kier alpha value is -0.840. The maximum atomic E-state index is 12.1. The second-order valence-corrected chi connectivity index (χ2v) is 7.11. The first kappa shape index (κ1) is 16.5. The molecule has 21 heavy (non-hydrogen) atoms. The summed E-state index contributed by atoms with van der Waals surface area (Å²) in [5.74, 6) is 2.85. The molecule has 2 aliphatic rings. The van der Waals surface area contributed by atoms with Crippen molar-refractivity contribution in [1.82, 2.24) is 0 Å². The predicted octanol–water partition coefficient (Wildman–Crippen LogP) is 5.82. The molecule has 2 heteroatoms. The van der Waals surface area contributed by atoms with Gasteiger partial charge in [-0.25, -0.2) is 0 Å². The van der Waals surface area contributed by atoms with E-state index in [0.717, 1.165) is 24.7 Å². The Morgan fingerprint density at radius 2 is 1.48 bits per heavy atom. The summed E-state index contributed by atoms with van der Waals surface area (Å²) in [4.78, 5) is 0. The summed E-state index contributed by atoms with van der Waals surface area (Å²) in [5.41, 5.74) is 0. The zero-order valence-corrected chi connectivity index (χ0v) is 13.3. The Kier molecular flexibility index (Phi) is 7.27. The molecule has 0 heterocycles. The van der Waals surface area contributed by atoms with Gasteiger partial charge in [0, 0.05) is 5.92 Å². The van der Waals surface area contributed by atoms with Crippen molar-refractivity contribution in [2.45, 2.75) is 70.6 Å². The number of halogens is 1. The summed E-state index contributed by atoms with van der Waals surface area (Å²) in [7, 11) is 0. The highest BCUT2D eigenvalue weighted by Gasteiger charge is 2.23. The third-order valence-electron chi connectivity index (χ3n) is 5.59. The highest BCUT2D eigenvalue weighted by molar-refractivity contribution is 4.91. The molecule has 0 unspecified atom stereocenters. The zero-order chi connectivity index (χ0) is 14.9. The van der Waals surface area contributed by atoms with Crippen LogP contribution < -0.4 is 0 Å². The number of nitriles is 1. The van der Waals surface area contributed by atoms with Crippen LogP contribution in [0.15, 0.2) is 12.2 Å². The van der Waals surface area contributed by atoms with Crippen LogP contribution in [0.3, 0.4) is 0 Å². The maximum Gasteiger partial charge on any atom is 0.0928 e. The first-order chi connectivity index (χ1) is 10.3. The number of hydrogen-bond donors (Lipinski definition) is 0. The summed E-state index contributed by atoms with van der Waals surface area (Å²) in [6.07, 6.45) is 17.8. The minimum absolute atomic E-state index is 0.222. The van der Waals surface area contributed by atoms with Crippen LogP contribution in [0.25, 0.3) is 0 Å². The molecule has 2 fully saturated rings. The molecule has 0 N–H and O–H groups in total. The van der Waals surface area contributed by atoms with Gasteiger partial charge in [-0.3, -0.25) is 4.39 Å².